The fourth-order valence-electron chi connectivity index (χ4n) is 8.07. The fraction of sp³-hybridized carbons (Fsp3) is 0.517. The first-order valence-corrected chi connectivity index (χ1v) is 12.5. The highest BCUT2D eigenvalue weighted by Crippen LogP contribution is 2.67. The third-order valence-electron chi connectivity index (χ3n) is 9.84. The molecule has 3 nitrogen and oxygen atoms in total. The molecule has 1 aromatic heterocycles. The molecule has 166 valence electrons. The minimum Gasteiger partial charge on any atom is -0.361 e. The van der Waals surface area contributed by atoms with E-state index in [4.69, 9.17) is 4.74 Å². The van der Waals surface area contributed by atoms with Crippen molar-refractivity contribution in [2.45, 2.75) is 69.1 Å². The van der Waals surface area contributed by atoms with Gasteiger partial charge in [-0.3, -0.25) is 0 Å². The molecule has 2 aromatic rings. The van der Waals surface area contributed by atoms with E-state index in [2.05, 4.69) is 73.4 Å². The molecule has 5 atom stereocenters. The monoisotopic (exact) mass is 426 g/mol. The van der Waals surface area contributed by atoms with Crippen molar-refractivity contribution in [3.8, 4) is 0 Å². The van der Waals surface area contributed by atoms with Gasteiger partial charge >= 0.3 is 0 Å². The highest BCUT2D eigenvalue weighted by molar-refractivity contribution is 5.85. The second-order valence-electron chi connectivity index (χ2n) is 11.5. The van der Waals surface area contributed by atoms with Crippen LogP contribution in [0, 0.1) is 11.3 Å². The van der Waals surface area contributed by atoms with E-state index in [0.717, 1.165) is 19.3 Å². The van der Waals surface area contributed by atoms with Gasteiger partial charge in [-0.25, -0.2) is 0 Å². The molecule has 5 aliphatic rings. The number of fused-ring (bicyclic) bond motifs is 2. The fourth-order valence-corrected chi connectivity index (χ4v) is 8.07. The summed E-state index contributed by atoms with van der Waals surface area (Å²) in [7, 11) is 4.47. The van der Waals surface area contributed by atoms with E-state index in [1.807, 2.05) is 6.20 Å². The van der Waals surface area contributed by atoms with Crippen LogP contribution in [0.2, 0.25) is 0 Å². The van der Waals surface area contributed by atoms with Crippen molar-refractivity contribution in [1.29, 1.82) is 0 Å². The highest BCUT2D eigenvalue weighted by Gasteiger charge is 2.65. The second-order valence-corrected chi connectivity index (χ2v) is 11.5. The lowest BCUT2D eigenvalue weighted by molar-refractivity contribution is -0.134. The molecule has 1 unspecified atom stereocenters. The summed E-state index contributed by atoms with van der Waals surface area (Å²) >= 11 is 0. The van der Waals surface area contributed by atoms with Gasteiger partial charge in [-0.1, -0.05) is 37.3 Å². The Hall–Kier alpha value is -2.10. The van der Waals surface area contributed by atoms with E-state index in [1.54, 1.807) is 5.57 Å². The van der Waals surface area contributed by atoms with E-state index in [0.29, 0.717) is 12.0 Å². The van der Waals surface area contributed by atoms with Crippen molar-refractivity contribution in [2.24, 2.45) is 11.3 Å². The maximum Gasteiger partial charge on any atom is 0.0980 e. The Morgan fingerprint density at radius 3 is 2.91 bits per heavy atom. The lowest BCUT2D eigenvalue weighted by atomic mass is 9.58. The van der Waals surface area contributed by atoms with E-state index >= 15 is 0 Å². The number of nitrogens with zero attached hydrogens (tertiary/aromatic N) is 1. The molecule has 3 heterocycles. The van der Waals surface area contributed by atoms with Crippen LogP contribution in [0.4, 0.5) is 0 Å². The molecule has 2 spiro atoms. The largest absolute Gasteiger partial charge is 0.361 e. The number of allylic oxidation sites excluding steroid dienone is 3. The van der Waals surface area contributed by atoms with Gasteiger partial charge in [0.1, 0.15) is 0 Å². The third-order valence-corrected chi connectivity index (χ3v) is 9.84. The van der Waals surface area contributed by atoms with Crippen LogP contribution in [0.15, 0.2) is 59.8 Å². The zero-order chi connectivity index (χ0) is 21.7. The molecule has 2 aliphatic heterocycles. The minimum atomic E-state index is -0.0977. The van der Waals surface area contributed by atoms with Gasteiger partial charge in [-0.05, 0) is 98.8 Å². The summed E-state index contributed by atoms with van der Waals surface area (Å²) < 4.78 is 7.38. The molecule has 7 rings (SSSR count). The van der Waals surface area contributed by atoms with E-state index in [1.165, 1.54) is 53.3 Å². The first-order chi connectivity index (χ1) is 15.4. The average molecular weight is 427 g/mol. The quantitative estimate of drug-likeness (QED) is 0.615. The molecule has 3 aliphatic carbocycles. The number of ether oxygens (including phenoxy) is 1. The number of nitrogens with one attached hydrogen (secondary N) is 1. The number of H-pyrrole nitrogens is 1. The van der Waals surface area contributed by atoms with Crippen LogP contribution in [0.1, 0.15) is 57.4 Å². The summed E-state index contributed by atoms with van der Waals surface area (Å²) in [5.74, 6) is 0.529. The molecular weight excluding hydrogens is 392 g/mol. The number of hydrogen-bond acceptors (Lipinski definition) is 2. The van der Waals surface area contributed by atoms with Crippen LogP contribution in [0.5, 0.6) is 0 Å². The highest BCUT2D eigenvalue weighted by atomic mass is 16.5. The van der Waals surface area contributed by atoms with E-state index < -0.39 is 0 Å². The van der Waals surface area contributed by atoms with Crippen LogP contribution >= 0.6 is 0 Å². The first-order valence-electron chi connectivity index (χ1n) is 12.5. The third kappa shape index (κ3) is 2.34. The van der Waals surface area contributed by atoms with E-state index in [9.17, 15) is 0 Å². The summed E-state index contributed by atoms with van der Waals surface area (Å²) in [4.78, 5) is 5.83. The van der Waals surface area contributed by atoms with Crippen molar-refractivity contribution in [1.82, 2.24) is 9.88 Å². The summed E-state index contributed by atoms with van der Waals surface area (Å²) in [6, 6.07) is 9.73. The maximum atomic E-state index is 7.38. The van der Waals surface area contributed by atoms with Gasteiger partial charge in [0.15, 0.2) is 0 Å². The molecule has 0 radical (unpaired) electrons. The topological polar surface area (TPSA) is 28.3 Å². The molecule has 1 N–H and O–H groups in total. The van der Waals surface area contributed by atoms with Gasteiger partial charge in [0.05, 0.1) is 11.2 Å². The molecule has 1 aromatic carbocycles. The lowest BCUT2D eigenvalue weighted by Gasteiger charge is -2.54. The Labute approximate surface area is 191 Å². The molecular formula is C29H34N2O. The van der Waals surface area contributed by atoms with Gasteiger partial charge < -0.3 is 14.6 Å². The molecule has 1 saturated heterocycles. The summed E-state index contributed by atoms with van der Waals surface area (Å²) in [6.45, 7) is 2.51. The zero-order valence-corrected chi connectivity index (χ0v) is 19.6. The summed E-state index contributed by atoms with van der Waals surface area (Å²) in [5.41, 5.74) is 7.24. The smallest absolute Gasteiger partial charge is 0.0980 e. The van der Waals surface area contributed by atoms with Crippen molar-refractivity contribution >= 4 is 16.5 Å². The summed E-state index contributed by atoms with van der Waals surface area (Å²) in [6.07, 6.45) is 17.9. The van der Waals surface area contributed by atoms with Crippen molar-refractivity contribution in [3.05, 3.63) is 65.4 Å². The normalized spacial score (nSPS) is 39.9. The number of aromatic amines is 1. The van der Waals surface area contributed by atoms with Gasteiger partial charge in [-0.2, -0.15) is 0 Å². The number of hydrogen-bond donors (Lipinski definition) is 1. The Morgan fingerprint density at radius 2 is 2.03 bits per heavy atom. The van der Waals surface area contributed by atoms with Crippen LogP contribution in [0.3, 0.4) is 0 Å². The standard InChI is InChI=1S/C29H34N2O/c1-27-12-10-22-17-21-6-7-23(31(2)3)18-28(21)13-14-29(22,32-28)26(27)9-8-24(27)20-5-4-19-11-15-30-25(19)16-20/h4-5,8,10-11,15-17,23,26,30H,6-7,9,12-14,18H2,1-3H3/t23-,26-,27-,28?,29-/m1/s1. The Balaban J connectivity index is 1.29. The predicted octanol–water partition coefficient (Wildman–Crippen LogP) is 6.25. The maximum absolute atomic E-state index is 7.38. The van der Waals surface area contributed by atoms with E-state index in [-0.39, 0.29) is 16.6 Å². The number of benzene rings is 1. The molecule has 3 heteroatoms. The van der Waals surface area contributed by atoms with Gasteiger partial charge in [0.25, 0.3) is 0 Å². The van der Waals surface area contributed by atoms with Crippen LogP contribution < -0.4 is 0 Å². The minimum absolute atomic E-state index is 0.0192. The number of aromatic nitrogens is 1. The van der Waals surface area contributed by atoms with Crippen molar-refractivity contribution in [3.63, 3.8) is 0 Å². The van der Waals surface area contributed by atoms with Gasteiger partial charge in [0.2, 0.25) is 0 Å². The average Bonchev–Trinajstić information content (AvgIpc) is 3.47. The van der Waals surface area contributed by atoms with Crippen LogP contribution in [-0.4, -0.2) is 41.2 Å². The van der Waals surface area contributed by atoms with Crippen molar-refractivity contribution in [2.75, 3.05) is 14.1 Å². The Kier molecular flexibility index (Phi) is 3.80. The summed E-state index contributed by atoms with van der Waals surface area (Å²) in [5, 5.41) is 1.29. The number of rotatable bonds is 2. The molecule has 0 amide bonds. The molecule has 1 saturated carbocycles. The SMILES string of the molecule is CN(C)[C@@H]1CCC2=CC3=CC[C@]4(C)C(c5ccc6cc[nH]c6c5)=CC[C@H]4[C@@]34CCC2(C1)O4. The second kappa shape index (κ2) is 6.27. The predicted molar refractivity (Wildman–Crippen MR) is 130 cm³/mol. The first kappa shape index (κ1) is 19.4. The lowest BCUT2D eigenvalue weighted by Crippen LogP contribution is -2.54. The molecule has 32 heavy (non-hydrogen) atoms. The molecule has 2 fully saturated rings. The zero-order valence-electron chi connectivity index (χ0n) is 19.6. The molecule has 2 bridgehead atoms. The Morgan fingerprint density at radius 1 is 1.12 bits per heavy atom. The van der Waals surface area contributed by atoms with Gasteiger partial charge in [0, 0.05) is 29.1 Å². The van der Waals surface area contributed by atoms with Crippen LogP contribution in [-0.2, 0) is 4.74 Å². The van der Waals surface area contributed by atoms with Crippen molar-refractivity contribution < 1.29 is 4.74 Å². The van der Waals surface area contributed by atoms with Gasteiger partial charge in [-0.15, -0.1) is 0 Å². The Bertz CT molecular complexity index is 1210. The van der Waals surface area contributed by atoms with Crippen LogP contribution in [0.25, 0.3) is 16.5 Å².